The summed E-state index contributed by atoms with van der Waals surface area (Å²) in [5.41, 5.74) is 0.336. The number of aromatic nitrogens is 2. The van der Waals surface area contributed by atoms with Gasteiger partial charge in [0.2, 0.25) is 11.8 Å². The smallest absolute Gasteiger partial charge is 0.277 e. The van der Waals surface area contributed by atoms with Crippen molar-refractivity contribution in [3.8, 4) is 5.75 Å². The largest absolute Gasteiger partial charge is 0.497 e. The summed E-state index contributed by atoms with van der Waals surface area (Å²) in [6, 6.07) is 10.9. The van der Waals surface area contributed by atoms with Crippen LogP contribution in [0.5, 0.6) is 5.75 Å². The third kappa shape index (κ3) is 5.71. The molecular formula is C19H16ClFN4O4S. The van der Waals surface area contributed by atoms with Crippen molar-refractivity contribution < 1.29 is 23.1 Å². The maximum atomic E-state index is 13.8. The molecule has 0 atom stereocenters. The summed E-state index contributed by atoms with van der Waals surface area (Å²) < 4.78 is 24.2. The summed E-state index contributed by atoms with van der Waals surface area (Å²) >= 11 is 6.89. The normalized spacial score (nSPS) is 10.5. The zero-order chi connectivity index (χ0) is 21.5. The first-order chi connectivity index (χ1) is 14.5. The number of hydrogen-bond donors (Lipinski definition) is 2. The number of hydrogen-bond acceptors (Lipinski definition) is 7. The lowest BCUT2D eigenvalue weighted by atomic mass is 10.2. The summed E-state index contributed by atoms with van der Waals surface area (Å²) in [7, 11) is 1.54. The van der Waals surface area contributed by atoms with Crippen molar-refractivity contribution in [2.45, 2.75) is 11.8 Å². The highest BCUT2D eigenvalue weighted by Gasteiger charge is 2.17. The zero-order valence-corrected chi connectivity index (χ0v) is 17.2. The van der Waals surface area contributed by atoms with E-state index in [1.807, 2.05) is 0 Å². The average Bonchev–Trinajstić information content (AvgIpc) is 3.19. The number of nitrogens with zero attached hydrogens (tertiary/aromatic N) is 2. The molecule has 11 heteroatoms. The number of amides is 2. The molecule has 0 unspecified atom stereocenters. The number of ether oxygens (including phenoxy) is 1. The highest BCUT2D eigenvalue weighted by Crippen LogP contribution is 2.20. The van der Waals surface area contributed by atoms with Crippen molar-refractivity contribution in [2.24, 2.45) is 0 Å². The predicted molar refractivity (Wildman–Crippen MR) is 109 cm³/mol. The van der Waals surface area contributed by atoms with Crippen LogP contribution in [0.1, 0.15) is 16.2 Å². The number of rotatable bonds is 8. The molecule has 2 N–H and O–H groups in total. The van der Waals surface area contributed by atoms with Gasteiger partial charge in [-0.25, -0.2) is 4.39 Å². The molecule has 0 spiro atoms. The summed E-state index contributed by atoms with van der Waals surface area (Å²) in [5.74, 6) is -0.939. The Kier molecular flexibility index (Phi) is 7.26. The molecule has 0 aliphatic heterocycles. The van der Waals surface area contributed by atoms with Crippen LogP contribution in [0.4, 0.5) is 10.1 Å². The second kappa shape index (κ2) is 10.1. The average molecular weight is 451 g/mol. The summed E-state index contributed by atoms with van der Waals surface area (Å²) in [4.78, 5) is 24.2. The van der Waals surface area contributed by atoms with Gasteiger partial charge >= 0.3 is 0 Å². The first kappa shape index (κ1) is 21.6. The molecule has 2 aromatic carbocycles. The third-order valence-electron chi connectivity index (χ3n) is 3.72. The number of methoxy groups -OCH3 is 1. The van der Waals surface area contributed by atoms with Gasteiger partial charge < -0.3 is 19.8 Å². The van der Waals surface area contributed by atoms with E-state index in [1.165, 1.54) is 19.2 Å². The van der Waals surface area contributed by atoms with E-state index in [0.29, 0.717) is 11.4 Å². The van der Waals surface area contributed by atoms with Crippen LogP contribution in [-0.4, -0.2) is 34.9 Å². The van der Waals surface area contributed by atoms with Crippen LogP contribution < -0.4 is 15.4 Å². The number of carbonyl (C=O) groups excluding carboxylic acids is 2. The fraction of sp³-hybridized carbons (Fsp3) is 0.158. The third-order valence-corrected chi connectivity index (χ3v) is 4.85. The monoisotopic (exact) mass is 450 g/mol. The number of anilines is 1. The second-order valence-corrected chi connectivity index (χ2v) is 7.14. The Morgan fingerprint density at radius 3 is 2.80 bits per heavy atom. The molecule has 3 rings (SSSR count). The molecule has 0 fully saturated rings. The molecule has 156 valence electrons. The van der Waals surface area contributed by atoms with Gasteiger partial charge in [-0.2, -0.15) is 0 Å². The van der Waals surface area contributed by atoms with Crippen molar-refractivity contribution >= 4 is 40.9 Å². The van der Waals surface area contributed by atoms with E-state index < -0.39 is 11.7 Å². The molecule has 8 nitrogen and oxygen atoms in total. The molecule has 0 saturated carbocycles. The van der Waals surface area contributed by atoms with Crippen LogP contribution in [0.3, 0.4) is 0 Å². The van der Waals surface area contributed by atoms with Gasteiger partial charge in [0, 0.05) is 11.8 Å². The van der Waals surface area contributed by atoms with Gasteiger partial charge in [0.15, 0.2) is 0 Å². The minimum Gasteiger partial charge on any atom is -0.497 e. The van der Waals surface area contributed by atoms with Gasteiger partial charge in [0.05, 0.1) is 30.0 Å². The van der Waals surface area contributed by atoms with E-state index in [2.05, 4.69) is 20.8 Å². The second-order valence-electron chi connectivity index (χ2n) is 5.81. The molecule has 2 amide bonds. The molecule has 0 bridgehead atoms. The summed E-state index contributed by atoms with van der Waals surface area (Å²) in [5, 5.41) is 12.9. The lowest BCUT2D eigenvalue weighted by Gasteiger charge is -2.06. The number of halogens is 2. The van der Waals surface area contributed by atoms with Crippen LogP contribution in [0.25, 0.3) is 0 Å². The molecule has 0 aliphatic carbocycles. The zero-order valence-electron chi connectivity index (χ0n) is 15.6. The topological polar surface area (TPSA) is 106 Å². The lowest BCUT2D eigenvalue weighted by molar-refractivity contribution is -0.113. The molecule has 0 aliphatic rings. The van der Waals surface area contributed by atoms with Gasteiger partial charge in [-0.1, -0.05) is 35.5 Å². The van der Waals surface area contributed by atoms with E-state index in [0.717, 1.165) is 17.8 Å². The molecule has 1 heterocycles. The molecule has 30 heavy (non-hydrogen) atoms. The first-order valence-electron chi connectivity index (χ1n) is 8.57. The van der Waals surface area contributed by atoms with Gasteiger partial charge in [0.1, 0.15) is 11.6 Å². The van der Waals surface area contributed by atoms with E-state index in [-0.39, 0.29) is 39.9 Å². The number of benzene rings is 2. The molecule has 3 aromatic rings. The minimum atomic E-state index is -0.733. The number of thioether (sulfide) groups is 1. The van der Waals surface area contributed by atoms with Gasteiger partial charge in [-0.3, -0.25) is 9.59 Å². The standard InChI is InChI=1S/C19H16ClFN4O4S/c1-28-12-5-2-4-11(8-12)23-15(26)10-30-19-25-24-16(29-19)9-22-18(27)17-13(20)6-3-7-14(17)21/h2-8H,9-10H2,1H3,(H,22,27)(H,23,26). The first-order valence-corrected chi connectivity index (χ1v) is 9.94. The minimum absolute atomic E-state index is 0.00341. The van der Waals surface area contributed by atoms with Crippen molar-refractivity contribution in [1.82, 2.24) is 15.5 Å². The van der Waals surface area contributed by atoms with Gasteiger partial charge in [0.25, 0.3) is 11.1 Å². The van der Waals surface area contributed by atoms with Crippen molar-refractivity contribution in [3.63, 3.8) is 0 Å². The maximum Gasteiger partial charge on any atom is 0.277 e. The quantitative estimate of drug-likeness (QED) is 0.505. The highest BCUT2D eigenvalue weighted by atomic mass is 35.5. The predicted octanol–water partition coefficient (Wildman–Crippen LogP) is 3.53. The Hall–Kier alpha value is -3.11. The van der Waals surface area contributed by atoms with E-state index >= 15 is 0 Å². The van der Waals surface area contributed by atoms with Gasteiger partial charge in [-0.05, 0) is 24.3 Å². The Balaban J connectivity index is 1.49. The highest BCUT2D eigenvalue weighted by molar-refractivity contribution is 7.99. The Morgan fingerprint density at radius 2 is 2.03 bits per heavy atom. The van der Waals surface area contributed by atoms with Crippen molar-refractivity contribution in [2.75, 3.05) is 18.2 Å². The Morgan fingerprint density at radius 1 is 1.23 bits per heavy atom. The van der Waals surface area contributed by atoms with E-state index in [1.54, 1.807) is 24.3 Å². The van der Waals surface area contributed by atoms with Gasteiger partial charge in [-0.15, -0.1) is 10.2 Å². The van der Waals surface area contributed by atoms with E-state index in [9.17, 15) is 14.0 Å². The van der Waals surface area contributed by atoms with Crippen molar-refractivity contribution in [1.29, 1.82) is 0 Å². The van der Waals surface area contributed by atoms with Crippen LogP contribution in [0, 0.1) is 5.82 Å². The number of nitrogens with one attached hydrogen (secondary N) is 2. The molecular weight excluding hydrogens is 435 g/mol. The van der Waals surface area contributed by atoms with E-state index in [4.69, 9.17) is 20.8 Å². The fourth-order valence-electron chi connectivity index (χ4n) is 2.35. The Labute approximate surface area is 180 Å². The van der Waals surface area contributed by atoms with Crippen LogP contribution in [0.15, 0.2) is 52.1 Å². The van der Waals surface area contributed by atoms with Crippen LogP contribution in [0.2, 0.25) is 5.02 Å². The van der Waals surface area contributed by atoms with Crippen LogP contribution in [-0.2, 0) is 11.3 Å². The summed E-state index contributed by atoms with van der Waals surface area (Å²) in [6.07, 6.45) is 0. The molecule has 0 radical (unpaired) electrons. The Bertz CT molecular complexity index is 1040. The fourth-order valence-corrected chi connectivity index (χ4v) is 3.18. The maximum absolute atomic E-state index is 13.8. The SMILES string of the molecule is COc1cccc(NC(=O)CSc2nnc(CNC(=O)c3c(F)cccc3Cl)o2)c1. The lowest BCUT2D eigenvalue weighted by Crippen LogP contribution is -2.24. The molecule has 0 saturated heterocycles. The summed E-state index contributed by atoms with van der Waals surface area (Å²) in [6.45, 7) is -0.118. The van der Waals surface area contributed by atoms with Crippen LogP contribution >= 0.6 is 23.4 Å². The molecule has 1 aromatic heterocycles. The van der Waals surface area contributed by atoms with Crippen molar-refractivity contribution in [3.05, 3.63) is 64.8 Å². The number of carbonyl (C=O) groups is 2.